The number of esters is 4. The van der Waals surface area contributed by atoms with Crippen molar-refractivity contribution in [2.45, 2.75) is 322 Å². The Balaban J connectivity index is 2.30. The summed E-state index contributed by atoms with van der Waals surface area (Å²) in [6.45, 7) is 16.7. The van der Waals surface area contributed by atoms with Gasteiger partial charge in [0.25, 0.3) is 0 Å². The van der Waals surface area contributed by atoms with E-state index in [2.05, 4.69) is 220 Å². The lowest BCUT2D eigenvalue weighted by molar-refractivity contribution is -0.150. The second-order valence-electron chi connectivity index (χ2n) is 28.0. The predicted molar refractivity (Wildman–Crippen MR) is 446 cm³/mol. The predicted octanol–water partition coefficient (Wildman–Crippen LogP) is 24.5. The highest BCUT2D eigenvalue weighted by atomic mass is 16.6. The molecule has 11 heteroatoms. The largest absolute Gasteiger partial charge is 0.466 e. The van der Waals surface area contributed by atoms with Crippen molar-refractivity contribution in [1.82, 2.24) is 14.7 Å². The van der Waals surface area contributed by atoms with Crippen LogP contribution in [0.15, 0.2) is 170 Å². The van der Waals surface area contributed by atoms with Crippen LogP contribution in [0.25, 0.3) is 0 Å². The Kier molecular flexibility index (Phi) is 72.3. The van der Waals surface area contributed by atoms with Crippen LogP contribution in [0, 0.1) is 0 Å². The van der Waals surface area contributed by atoms with E-state index < -0.39 is 0 Å². The molecule has 0 amide bonds. The Bertz CT molecular complexity index is 2290. The molecule has 1 saturated heterocycles. The molecular weight excluding hydrogens is 1290 g/mol. The maximum absolute atomic E-state index is 12.9. The van der Waals surface area contributed by atoms with Gasteiger partial charge in [0.15, 0.2) is 0 Å². The molecule has 2 atom stereocenters. The van der Waals surface area contributed by atoms with E-state index in [4.69, 9.17) is 18.9 Å². The van der Waals surface area contributed by atoms with Crippen LogP contribution in [0.2, 0.25) is 0 Å². The second kappa shape index (κ2) is 78.2. The Hall–Kier alpha value is -5.88. The molecule has 2 unspecified atom stereocenters. The minimum atomic E-state index is -0.167. The highest BCUT2D eigenvalue weighted by molar-refractivity contribution is 5.71. The van der Waals surface area contributed by atoms with E-state index in [1.165, 1.54) is 64.2 Å². The molecule has 0 aliphatic carbocycles. The normalized spacial score (nSPS) is 14.6. The van der Waals surface area contributed by atoms with Crippen molar-refractivity contribution >= 4 is 23.9 Å². The van der Waals surface area contributed by atoms with Crippen LogP contribution < -0.4 is 0 Å². The first-order valence-electron chi connectivity index (χ1n) is 42.1. The molecular formula is C93H153N3O8. The third-order valence-electron chi connectivity index (χ3n) is 18.4. The molecule has 1 aliphatic heterocycles. The molecule has 0 aromatic carbocycles. The van der Waals surface area contributed by atoms with Gasteiger partial charge in [-0.2, -0.15) is 0 Å². The van der Waals surface area contributed by atoms with Crippen LogP contribution in [-0.4, -0.2) is 123 Å². The van der Waals surface area contributed by atoms with Gasteiger partial charge in [-0.15, -0.1) is 0 Å². The number of hydrogen-bond donors (Lipinski definition) is 0. The van der Waals surface area contributed by atoms with Gasteiger partial charge >= 0.3 is 23.9 Å². The molecule has 0 N–H and O–H groups in total. The van der Waals surface area contributed by atoms with Gasteiger partial charge in [-0.25, -0.2) is 0 Å². The fourth-order valence-corrected chi connectivity index (χ4v) is 11.8. The average molecular weight is 1440 g/mol. The number of piperazine rings is 1. The quantitative estimate of drug-likeness (QED) is 0.0251. The van der Waals surface area contributed by atoms with Crippen LogP contribution in [0.3, 0.4) is 0 Å². The van der Waals surface area contributed by atoms with Crippen LogP contribution in [0.5, 0.6) is 0 Å². The fourth-order valence-electron chi connectivity index (χ4n) is 11.8. The molecule has 1 heterocycles. The summed E-state index contributed by atoms with van der Waals surface area (Å²) in [5.74, 6) is -0.527. The van der Waals surface area contributed by atoms with E-state index in [1.54, 1.807) is 0 Å². The fraction of sp³-hybridized carbons (Fsp3) is 0.656. The molecule has 104 heavy (non-hydrogen) atoms. The highest BCUT2D eigenvalue weighted by Crippen LogP contribution is 2.18. The van der Waals surface area contributed by atoms with E-state index >= 15 is 0 Å². The molecule has 1 rings (SSSR count). The lowest BCUT2D eigenvalue weighted by Crippen LogP contribution is -2.47. The van der Waals surface area contributed by atoms with E-state index in [0.717, 1.165) is 219 Å². The van der Waals surface area contributed by atoms with Gasteiger partial charge in [-0.05, 0) is 161 Å². The number of carbonyl (C=O) groups excluding carboxylic acids is 4. The zero-order valence-corrected chi connectivity index (χ0v) is 67.1. The monoisotopic (exact) mass is 1440 g/mol. The molecule has 0 aromatic rings. The molecule has 11 nitrogen and oxygen atoms in total. The van der Waals surface area contributed by atoms with Gasteiger partial charge in [0.1, 0.15) is 12.2 Å². The van der Waals surface area contributed by atoms with Crippen molar-refractivity contribution in [2.75, 3.05) is 72.6 Å². The molecule has 1 aliphatic rings. The summed E-state index contributed by atoms with van der Waals surface area (Å²) < 4.78 is 23.4. The third kappa shape index (κ3) is 70.4. The Morgan fingerprint density at radius 3 is 0.971 bits per heavy atom. The van der Waals surface area contributed by atoms with Gasteiger partial charge in [-0.3, -0.25) is 24.1 Å². The molecule has 0 radical (unpaired) electrons. The summed E-state index contributed by atoms with van der Waals surface area (Å²) in [5, 5.41) is 0. The number of ether oxygens (including phenoxy) is 4. The van der Waals surface area contributed by atoms with Gasteiger partial charge in [0, 0.05) is 78.0 Å². The number of hydrogen-bond acceptors (Lipinski definition) is 11. The minimum absolute atomic E-state index is 0.0540. The number of unbranched alkanes of at least 4 members (excludes halogenated alkanes) is 18. The summed E-state index contributed by atoms with van der Waals surface area (Å²) >= 11 is 0. The SMILES string of the molecule is CC/C=C\C/C=C\C/C=C\C/C=C\C/C=C\C/C=C\CCC(=O)OC(C/C=C\CCCCCCCCOC(=O)CCN(CCC(=O)OCCCCCCCC/C=C\CC(CCCCCC)OC(=O)CC/C=C\C/C=C\C/C=C\C/C=C\C/C=C\C/C=C\CC)CCN1CCN(C)CC1)CCCCCC. The van der Waals surface area contributed by atoms with Gasteiger partial charge < -0.3 is 28.7 Å². The number of rotatable bonds is 71. The third-order valence-corrected chi connectivity index (χ3v) is 18.4. The van der Waals surface area contributed by atoms with Crippen LogP contribution in [-0.2, 0) is 38.1 Å². The summed E-state index contributed by atoms with van der Waals surface area (Å²) in [6, 6.07) is 0. The Morgan fingerprint density at radius 1 is 0.317 bits per heavy atom. The molecule has 0 bridgehead atoms. The minimum Gasteiger partial charge on any atom is -0.466 e. The van der Waals surface area contributed by atoms with Crippen molar-refractivity contribution in [2.24, 2.45) is 0 Å². The van der Waals surface area contributed by atoms with Crippen molar-refractivity contribution in [3.8, 4) is 0 Å². The van der Waals surface area contributed by atoms with E-state index in [-0.39, 0.29) is 36.1 Å². The van der Waals surface area contributed by atoms with E-state index in [0.29, 0.717) is 64.8 Å². The lowest BCUT2D eigenvalue weighted by atomic mass is 10.1. The first kappa shape index (κ1) is 96.1. The van der Waals surface area contributed by atoms with Crippen LogP contribution in [0.4, 0.5) is 0 Å². The summed E-state index contributed by atoms with van der Waals surface area (Å²) in [7, 11) is 2.17. The summed E-state index contributed by atoms with van der Waals surface area (Å²) in [5.41, 5.74) is 0. The zero-order chi connectivity index (χ0) is 75.0. The number of nitrogens with zero attached hydrogens (tertiary/aromatic N) is 3. The van der Waals surface area contributed by atoms with Crippen molar-refractivity contribution in [3.05, 3.63) is 170 Å². The van der Waals surface area contributed by atoms with Gasteiger partial charge in [0.2, 0.25) is 0 Å². The first-order valence-corrected chi connectivity index (χ1v) is 42.1. The Morgan fingerprint density at radius 2 is 0.625 bits per heavy atom. The van der Waals surface area contributed by atoms with Crippen molar-refractivity contribution in [1.29, 1.82) is 0 Å². The average Bonchev–Trinajstić information content (AvgIpc) is 0.993. The lowest BCUT2D eigenvalue weighted by Gasteiger charge is -2.34. The summed E-state index contributed by atoms with van der Waals surface area (Å²) in [6.07, 6.45) is 104. The zero-order valence-electron chi connectivity index (χ0n) is 67.1. The molecule has 0 saturated carbocycles. The maximum atomic E-state index is 12.9. The second-order valence-corrected chi connectivity index (χ2v) is 28.0. The van der Waals surface area contributed by atoms with E-state index in [1.807, 2.05) is 0 Å². The van der Waals surface area contributed by atoms with Crippen molar-refractivity contribution in [3.63, 3.8) is 0 Å². The molecule has 588 valence electrons. The van der Waals surface area contributed by atoms with Gasteiger partial charge in [0.05, 0.1) is 26.1 Å². The van der Waals surface area contributed by atoms with Crippen LogP contribution >= 0.6 is 0 Å². The molecule has 1 fully saturated rings. The first-order chi connectivity index (χ1) is 51.2. The maximum Gasteiger partial charge on any atom is 0.307 e. The van der Waals surface area contributed by atoms with Crippen LogP contribution in [0.1, 0.15) is 310 Å². The van der Waals surface area contributed by atoms with Crippen molar-refractivity contribution < 1.29 is 38.1 Å². The highest BCUT2D eigenvalue weighted by Gasteiger charge is 2.18. The topological polar surface area (TPSA) is 115 Å². The smallest absolute Gasteiger partial charge is 0.307 e. The van der Waals surface area contributed by atoms with Gasteiger partial charge in [-0.1, -0.05) is 288 Å². The number of allylic oxidation sites excluding steroid dienone is 26. The summed E-state index contributed by atoms with van der Waals surface area (Å²) in [4.78, 5) is 58.6. The number of carbonyl (C=O) groups is 4. The standard InChI is InChI=1S/C93H153N3O8/c1-6-10-14-18-20-22-24-26-28-30-32-34-36-38-40-46-52-58-66-74-92(99)103-88(70-62-16-12-8-3)72-64-56-50-44-42-48-54-60-68-86-101-90(97)76-78-95(84-85-96-82-80-94(5)81-83-96)79-77-91(98)102-87-69-61-55-49-43-45-51-57-65-73-89(71-63-17-13-9-4)104-93(100)75-67-59-53-47-41-39-37-35-33-31-29-27-25-23-21-19-15-11-7-2/h10-11,14-15,20-23,26-29,32-35,38-41,52-53,56-59,64-65,88-89H,6-9,12-13,16-19,24-25,30-31,36-37,42-51,54-55,60-63,66-87H2,1-5H3/b14-10-,15-11-,22-20-,23-21-,28-26-,29-27-,34-32-,35-33-,40-38-,41-39-,58-52-,59-53-,64-56-,65-57-. The Labute approximate surface area is 638 Å². The molecule has 0 aromatic heterocycles. The number of likely N-dealkylation sites (N-methyl/N-ethyl adjacent to an activating group) is 1. The molecule has 0 spiro atoms. The van der Waals surface area contributed by atoms with E-state index in [9.17, 15) is 19.2 Å².